The van der Waals surface area contributed by atoms with Crippen molar-refractivity contribution in [2.75, 3.05) is 6.54 Å². The molecular formula is C18H25F2N. The van der Waals surface area contributed by atoms with Crippen LogP contribution in [-0.2, 0) is 6.42 Å². The molecular weight excluding hydrogens is 268 g/mol. The van der Waals surface area contributed by atoms with E-state index in [1.54, 1.807) is 0 Å². The Morgan fingerprint density at radius 1 is 1.10 bits per heavy atom. The van der Waals surface area contributed by atoms with E-state index in [0.717, 1.165) is 19.0 Å². The van der Waals surface area contributed by atoms with E-state index in [2.05, 4.69) is 12.2 Å². The van der Waals surface area contributed by atoms with Crippen LogP contribution in [0.1, 0.15) is 44.6 Å². The molecule has 116 valence electrons. The van der Waals surface area contributed by atoms with Crippen LogP contribution < -0.4 is 5.32 Å². The van der Waals surface area contributed by atoms with E-state index in [1.807, 2.05) is 0 Å². The predicted octanol–water partition coefficient (Wildman–Crippen LogP) is 4.31. The Bertz CT molecular complexity index is 484. The van der Waals surface area contributed by atoms with Crippen molar-refractivity contribution >= 4 is 0 Å². The Kier molecular flexibility index (Phi) is 4.58. The summed E-state index contributed by atoms with van der Waals surface area (Å²) in [5.74, 6) is 1.18. The molecule has 0 aromatic heterocycles. The van der Waals surface area contributed by atoms with Crippen LogP contribution in [0.3, 0.4) is 0 Å². The molecule has 21 heavy (non-hydrogen) atoms. The second-order valence-electron chi connectivity index (χ2n) is 7.06. The smallest absolute Gasteiger partial charge is 0.126 e. The van der Waals surface area contributed by atoms with E-state index in [0.29, 0.717) is 29.7 Å². The molecule has 3 atom stereocenters. The molecule has 3 unspecified atom stereocenters. The maximum absolute atomic E-state index is 13.9. The largest absolute Gasteiger partial charge is 0.314 e. The van der Waals surface area contributed by atoms with Crippen molar-refractivity contribution in [1.82, 2.24) is 5.32 Å². The van der Waals surface area contributed by atoms with Crippen LogP contribution in [0, 0.1) is 29.4 Å². The first-order valence-corrected chi connectivity index (χ1v) is 8.29. The van der Waals surface area contributed by atoms with Gasteiger partial charge in [0.25, 0.3) is 0 Å². The molecule has 3 rings (SSSR count). The normalized spacial score (nSPS) is 29.6. The molecule has 2 fully saturated rings. The van der Waals surface area contributed by atoms with Crippen LogP contribution in [0.4, 0.5) is 8.78 Å². The highest BCUT2D eigenvalue weighted by molar-refractivity contribution is 5.19. The van der Waals surface area contributed by atoms with Crippen LogP contribution >= 0.6 is 0 Å². The molecule has 2 saturated carbocycles. The summed E-state index contributed by atoms with van der Waals surface area (Å²) in [4.78, 5) is 0. The molecule has 2 aliphatic carbocycles. The minimum atomic E-state index is -0.331. The van der Waals surface area contributed by atoms with Gasteiger partial charge >= 0.3 is 0 Å². The quantitative estimate of drug-likeness (QED) is 0.853. The summed E-state index contributed by atoms with van der Waals surface area (Å²) in [6.07, 6.45) is 6.87. The Morgan fingerprint density at radius 2 is 1.90 bits per heavy atom. The number of halogens is 2. The number of nitrogens with one attached hydrogen (secondary N) is 1. The zero-order valence-electron chi connectivity index (χ0n) is 12.7. The van der Waals surface area contributed by atoms with E-state index in [4.69, 9.17) is 0 Å². The van der Waals surface area contributed by atoms with Gasteiger partial charge in [0.05, 0.1) is 0 Å². The van der Waals surface area contributed by atoms with E-state index in [-0.39, 0.29) is 11.6 Å². The van der Waals surface area contributed by atoms with Crippen molar-refractivity contribution in [3.05, 3.63) is 35.4 Å². The van der Waals surface area contributed by atoms with Gasteiger partial charge in [-0.25, -0.2) is 8.78 Å². The van der Waals surface area contributed by atoms with E-state index < -0.39 is 0 Å². The van der Waals surface area contributed by atoms with Crippen LogP contribution in [0.15, 0.2) is 18.2 Å². The first-order valence-electron chi connectivity index (χ1n) is 8.29. The number of hydrogen-bond donors (Lipinski definition) is 1. The summed E-state index contributed by atoms with van der Waals surface area (Å²) < 4.78 is 27.2. The SMILES string of the molecule is CC1CCC(CNC2CC2)C(Cc2cc(F)ccc2F)C1. The molecule has 0 saturated heterocycles. The third kappa shape index (κ3) is 4.03. The summed E-state index contributed by atoms with van der Waals surface area (Å²) in [5.41, 5.74) is 0.547. The lowest BCUT2D eigenvalue weighted by molar-refractivity contribution is 0.182. The first-order chi connectivity index (χ1) is 10.1. The first kappa shape index (κ1) is 15.0. The van der Waals surface area contributed by atoms with Gasteiger partial charge in [-0.05, 0) is 80.2 Å². The Hall–Kier alpha value is -0.960. The zero-order chi connectivity index (χ0) is 14.8. The monoisotopic (exact) mass is 293 g/mol. The van der Waals surface area contributed by atoms with Crippen LogP contribution in [-0.4, -0.2) is 12.6 Å². The third-order valence-electron chi connectivity index (χ3n) is 5.14. The topological polar surface area (TPSA) is 12.0 Å². The number of hydrogen-bond acceptors (Lipinski definition) is 1. The van der Waals surface area contributed by atoms with Crippen molar-refractivity contribution in [3.63, 3.8) is 0 Å². The molecule has 0 spiro atoms. The second-order valence-corrected chi connectivity index (χ2v) is 7.06. The molecule has 0 aliphatic heterocycles. The molecule has 2 aliphatic rings. The van der Waals surface area contributed by atoms with Gasteiger partial charge in [0.15, 0.2) is 0 Å². The van der Waals surface area contributed by atoms with Crippen molar-refractivity contribution < 1.29 is 8.78 Å². The highest BCUT2D eigenvalue weighted by atomic mass is 19.1. The molecule has 0 radical (unpaired) electrons. The summed E-state index contributed by atoms with van der Waals surface area (Å²) in [7, 11) is 0. The Morgan fingerprint density at radius 3 is 2.67 bits per heavy atom. The van der Waals surface area contributed by atoms with Gasteiger partial charge in [0, 0.05) is 6.04 Å². The second kappa shape index (κ2) is 6.43. The number of rotatable bonds is 5. The van der Waals surface area contributed by atoms with E-state index in [1.165, 1.54) is 43.9 Å². The molecule has 1 aromatic carbocycles. The predicted molar refractivity (Wildman–Crippen MR) is 81.1 cm³/mol. The van der Waals surface area contributed by atoms with Crippen LogP contribution in [0.5, 0.6) is 0 Å². The molecule has 3 heteroatoms. The lowest BCUT2D eigenvalue weighted by atomic mass is 9.72. The fraction of sp³-hybridized carbons (Fsp3) is 0.667. The Labute approximate surface area is 126 Å². The average Bonchev–Trinajstić information content (AvgIpc) is 3.26. The number of benzene rings is 1. The van der Waals surface area contributed by atoms with Gasteiger partial charge < -0.3 is 5.32 Å². The molecule has 1 aromatic rings. The summed E-state index contributed by atoms with van der Waals surface area (Å²) in [5, 5.41) is 3.62. The van der Waals surface area contributed by atoms with Crippen molar-refractivity contribution in [2.24, 2.45) is 17.8 Å². The van der Waals surface area contributed by atoms with Gasteiger partial charge in [-0.3, -0.25) is 0 Å². The fourth-order valence-corrected chi connectivity index (χ4v) is 3.67. The lowest BCUT2D eigenvalue weighted by Gasteiger charge is -2.35. The average molecular weight is 293 g/mol. The summed E-state index contributed by atoms with van der Waals surface area (Å²) in [6.45, 7) is 3.32. The van der Waals surface area contributed by atoms with Gasteiger partial charge in [0.2, 0.25) is 0 Å². The highest BCUT2D eigenvalue weighted by Gasteiger charge is 2.31. The third-order valence-corrected chi connectivity index (χ3v) is 5.14. The van der Waals surface area contributed by atoms with E-state index >= 15 is 0 Å². The van der Waals surface area contributed by atoms with Gasteiger partial charge in [0.1, 0.15) is 11.6 Å². The van der Waals surface area contributed by atoms with Crippen molar-refractivity contribution in [2.45, 2.75) is 51.5 Å². The standard InChI is InChI=1S/C18H25F2N/c1-12-2-3-13(11-21-17-5-6-17)14(8-12)9-15-10-16(19)4-7-18(15)20/h4,7,10,12-14,17,21H,2-3,5-6,8-9,11H2,1H3. The highest BCUT2D eigenvalue weighted by Crippen LogP contribution is 2.36. The molecule has 1 N–H and O–H groups in total. The lowest BCUT2D eigenvalue weighted by Crippen LogP contribution is -2.34. The summed E-state index contributed by atoms with van der Waals surface area (Å²) >= 11 is 0. The Balaban J connectivity index is 1.67. The molecule has 0 bridgehead atoms. The van der Waals surface area contributed by atoms with Gasteiger partial charge in [-0.1, -0.05) is 13.3 Å². The maximum atomic E-state index is 13.9. The van der Waals surface area contributed by atoms with Crippen molar-refractivity contribution in [3.8, 4) is 0 Å². The minimum absolute atomic E-state index is 0.261. The van der Waals surface area contributed by atoms with Crippen molar-refractivity contribution in [1.29, 1.82) is 0 Å². The van der Waals surface area contributed by atoms with E-state index in [9.17, 15) is 8.78 Å². The minimum Gasteiger partial charge on any atom is -0.314 e. The fourth-order valence-electron chi connectivity index (χ4n) is 3.67. The zero-order valence-corrected chi connectivity index (χ0v) is 12.7. The molecule has 1 nitrogen and oxygen atoms in total. The molecule has 0 amide bonds. The van der Waals surface area contributed by atoms with Crippen LogP contribution in [0.2, 0.25) is 0 Å². The van der Waals surface area contributed by atoms with Crippen LogP contribution in [0.25, 0.3) is 0 Å². The summed E-state index contributed by atoms with van der Waals surface area (Å²) in [6, 6.07) is 4.55. The molecule has 0 heterocycles. The van der Waals surface area contributed by atoms with Gasteiger partial charge in [-0.2, -0.15) is 0 Å². The van der Waals surface area contributed by atoms with Gasteiger partial charge in [-0.15, -0.1) is 0 Å². The maximum Gasteiger partial charge on any atom is 0.126 e.